The van der Waals surface area contributed by atoms with Crippen LogP contribution in [0.25, 0.3) is 0 Å². The number of halogens is 1. The summed E-state index contributed by atoms with van der Waals surface area (Å²) in [6.45, 7) is 3.10. The van der Waals surface area contributed by atoms with Gasteiger partial charge in [-0.3, -0.25) is 0 Å². The van der Waals surface area contributed by atoms with Gasteiger partial charge in [0.25, 0.3) is 0 Å². The fraction of sp³-hybridized carbons (Fsp3) is 0.600. The van der Waals surface area contributed by atoms with Crippen molar-refractivity contribution in [2.75, 3.05) is 39.1 Å². The van der Waals surface area contributed by atoms with Crippen LogP contribution in [0.2, 0.25) is 5.02 Å². The lowest BCUT2D eigenvalue weighted by molar-refractivity contribution is 0.258. The number of likely N-dealkylation sites (N-methyl/N-ethyl adjacent to an activating group) is 1. The van der Waals surface area contributed by atoms with Gasteiger partial charge >= 0.3 is 0 Å². The van der Waals surface area contributed by atoms with Crippen LogP contribution in [-0.4, -0.2) is 45.2 Å². The summed E-state index contributed by atoms with van der Waals surface area (Å²) in [7, 11) is 6.32. The van der Waals surface area contributed by atoms with E-state index in [1.807, 2.05) is 13.1 Å². The van der Waals surface area contributed by atoms with Crippen molar-refractivity contribution in [2.24, 2.45) is 0 Å². The average Bonchev–Trinajstić information content (AvgIpc) is 2.39. The molecule has 1 aliphatic heterocycles. The summed E-state index contributed by atoms with van der Waals surface area (Å²) < 4.78 is 0. The molecule has 1 atom stereocenters. The van der Waals surface area contributed by atoms with Gasteiger partial charge in [0, 0.05) is 36.4 Å². The lowest BCUT2D eigenvalue weighted by Crippen LogP contribution is -2.45. The van der Waals surface area contributed by atoms with E-state index in [-0.39, 0.29) is 0 Å². The van der Waals surface area contributed by atoms with Gasteiger partial charge in [-0.15, -0.1) is 0 Å². The zero-order valence-electron chi connectivity index (χ0n) is 12.1. The molecule has 1 aromatic carbocycles. The zero-order valence-corrected chi connectivity index (χ0v) is 12.9. The molecule has 0 aromatic heterocycles. The standard InChI is InChI=1S/C15H24ClN3/c1-17-10-12-9-13(16)6-7-15(12)19-8-4-5-14(11-19)18(2)3/h6-7,9,14,17H,4-5,8,10-11H2,1-3H3. The molecule has 106 valence electrons. The maximum Gasteiger partial charge on any atom is 0.0413 e. The van der Waals surface area contributed by atoms with Crippen LogP contribution in [0.3, 0.4) is 0 Å². The van der Waals surface area contributed by atoms with Crippen LogP contribution in [0, 0.1) is 0 Å². The van der Waals surface area contributed by atoms with Crippen molar-refractivity contribution >= 4 is 17.3 Å². The highest BCUT2D eigenvalue weighted by molar-refractivity contribution is 6.30. The SMILES string of the molecule is CNCc1cc(Cl)ccc1N1CCCC(N(C)C)C1. The predicted molar refractivity (Wildman–Crippen MR) is 83.1 cm³/mol. The Balaban J connectivity index is 2.20. The number of hydrogen-bond donors (Lipinski definition) is 1. The summed E-state index contributed by atoms with van der Waals surface area (Å²) in [6.07, 6.45) is 2.54. The maximum absolute atomic E-state index is 6.12. The minimum atomic E-state index is 0.645. The summed E-state index contributed by atoms with van der Waals surface area (Å²) in [6, 6.07) is 6.88. The number of nitrogens with zero attached hydrogens (tertiary/aromatic N) is 2. The molecule has 1 N–H and O–H groups in total. The topological polar surface area (TPSA) is 18.5 Å². The molecule has 0 spiro atoms. The molecule has 1 heterocycles. The number of anilines is 1. The first-order chi connectivity index (χ1) is 9.11. The van der Waals surface area contributed by atoms with Crippen LogP contribution < -0.4 is 10.2 Å². The van der Waals surface area contributed by atoms with Crippen molar-refractivity contribution in [3.63, 3.8) is 0 Å². The van der Waals surface area contributed by atoms with E-state index in [0.29, 0.717) is 6.04 Å². The van der Waals surface area contributed by atoms with Gasteiger partial charge in [-0.25, -0.2) is 0 Å². The molecule has 4 heteroatoms. The molecule has 0 radical (unpaired) electrons. The summed E-state index contributed by atoms with van der Waals surface area (Å²) in [5.74, 6) is 0. The number of piperidine rings is 1. The molecule has 1 unspecified atom stereocenters. The first kappa shape index (κ1) is 14.6. The summed E-state index contributed by atoms with van der Waals surface area (Å²) in [4.78, 5) is 4.83. The molecule has 1 aliphatic rings. The summed E-state index contributed by atoms with van der Waals surface area (Å²) >= 11 is 6.12. The van der Waals surface area contributed by atoms with Gasteiger partial charge in [-0.05, 0) is 57.7 Å². The molecular formula is C15H24ClN3. The first-order valence-corrected chi connectivity index (χ1v) is 7.34. The fourth-order valence-corrected chi connectivity index (χ4v) is 2.98. The van der Waals surface area contributed by atoms with E-state index in [4.69, 9.17) is 11.6 Å². The first-order valence-electron chi connectivity index (χ1n) is 6.96. The number of benzene rings is 1. The van der Waals surface area contributed by atoms with E-state index in [9.17, 15) is 0 Å². The quantitative estimate of drug-likeness (QED) is 0.915. The van der Waals surface area contributed by atoms with Crippen LogP contribution in [0.15, 0.2) is 18.2 Å². The van der Waals surface area contributed by atoms with Crippen molar-refractivity contribution in [2.45, 2.75) is 25.4 Å². The molecule has 0 aliphatic carbocycles. The van der Waals surface area contributed by atoms with Crippen molar-refractivity contribution in [1.29, 1.82) is 0 Å². The second kappa shape index (κ2) is 6.60. The third kappa shape index (κ3) is 3.62. The monoisotopic (exact) mass is 281 g/mol. The molecule has 3 nitrogen and oxygen atoms in total. The average molecular weight is 282 g/mol. The predicted octanol–water partition coefficient (Wildman–Crippen LogP) is 2.59. The Labute approximate surface area is 121 Å². The number of nitrogens with one attached hydrogen (secondary N) is 1. The molecule has 0 bridgehead atoms. The number of rotatable bonds is 4. The van der Waals surface area contributed by atoms with E-state index in [0.717, 1.165) is 24.7 Å². The minimum Gasteiger partial charge on any atom is -0.370 e. The van der Waals surface area contributed by atoms with Crippen molar-refractivity contribution in [3.8, 4) is 0 Å². The fourth-order valence-electron chi connectivity index (χ4n) is 2.79. The van der Waals surface area contributed by atoms with Crippen LogP contribution in [0.5, 0.6) is 0 Å². The van der Waals surface area contributed by atoms with Crippen molar-refractivity contribution in [3.05, 3.63) is 28.8 Å². The largest absolute Gasteiger partial charge is 0.370 e. The van der Waals surface area contributed by atoms with E-state index < -0.39 is 0 Å². The molecule has 0 amide bonds. The molecule has 19 heavy (non-hydrogen) atoms. The van der Waals surface area contributed by atoms with E-state index in [1.54, 1.807) is 0 Å². The molecule has 2 rings (SSSR count). The Bertz CT molecular complexity index is 420. The molecule has 0 saturated carbocycles. The Hall–Kier alpha value is -0.770. The van der Waals surface area contributed by atoms with Crippen LogP contribution in [0.1, 0.15) is 18.4 Å². The van der Waals surface area contributed by atoms with Gasteiger partial charge in [0.1, 0.15) is 0 Å². The Morgan fingerprint density at radius 1 is 1.42 bits per heavy atom. The molecule has 1 aromatic rings. The molecular weight excluding hydrogens is 258 g/mol. The highest BCUT2D eigenvalue weighted by Gasteiger charge is 2.22. The van der Waals surface area contributed by atoms with Gasteiger partial charge in [0.05, 0.1) is 0 Å². The third-order valence-corrected chi connectivity index (χ3v) is 4.11. The Kier molecular flexibility index (Phi) is 5.08. The van der Waals surface area contributed by atoms with E-state index in [1.165, 1.54) is 24.1 Å². The highest BCUT2D eigenvalue weighted by atomic mass is 35.5. The van der Waals surface area contributed by atoms with Gasteiger partial charge < -0.3 is 15.1 Å². The van der Waals surface area contributed by atoms with Crippen LogP contribution in [0.4, 0.5) is 5.69 Å². The van der Waals surface area contributed by atoms with Crippen molar-refractivity contribution < 1.29 is 0 Å². The second-order valence-corrected chi connectivity index (χ2v) is 5.95. The normalized spacial score (nSPS) is 20.1. The van der Waals surface area contributed by atoms with Gasteiger partial charge in [0.2, 0.25) is 0 Å². The second-order valence-electron chi connectivity index (χ2n) is 5.51. The van der Waals surface area contributed by atoms with Crippen LogP contribution >= 0.6 is 11.6 Å². The Morgan fingerprint density at radius 2 is 2.21 bits per heavy atom. The third-order valence-electron chi connectivity index (χ3n) is 3.88. The van der Waals surface area contributed by atoms with Gasteiger partial charge in [-0.2, -0.15) is 0 Å². The lowest BCUT2D eigenvalue weighted by atomic mass is 10.0. The smallest absolute Gasteiger partial charge is 0.0413 e. The van der Waals surface area contributed by atoms with E-state index >= 15 is 0 Å². The number of hydrogen-bond acceptors (Lipinski definition) is 3. The van der Waals surface area contributed by atoms with Gasteiger partial charge in [-0.1, -0.05) is 11.6 Å². The van der Waals surface area contributed by atoms with Crippen molar-refractivity contribution in [1.82, 2.24) is 10.2 Å². The van der Waals surface area contributed by atoms with Gasteiger partial charge in [0.15, 0.2) is 0 Å². The summed E-state index contributed by atoms with van der Waals surface area (Å²) in [5, 5.41) is 4.04. The minimum absolute atomic E-state index is 0.645. The molecule has 1 fully saturated rings. The lowest BCUT2D eigenvalue weighted by Gasteiger charge is -2.38. The highest BCUT2D eigenvalue weighted by Crippen LogP contribution is 2.27. The maximum atomic E-state index is 6.12. The van der Waals surface area contributed by atoms with Crippen LogP contribution in [-0.2, 0) is 6.54 Å². The summed E-state index contributed by atoms with van der Waals surface area (Å²) in [5.41, 5.74) is 2.61. The zero-order chi connectivity index (χ0) is 13.8. The van der Waals surface area contributed by atoms with E-state index in [2.05, 4.69) is 41.3 Å². The molecule has 1 saturated heterocycles. The Morgan fingerprint density at radius 3 is 2.89 bits per heavy atom.